The van der Waals surface area contributed by atoms with Crippen molar-refractivity contribution in [3.8, 4) is 0 Å². The van der Waals surface area contributed by atoms with E-state index in [1.807, 2.05) is 12.1 Å². The molecule has 1 saturated carbocycles. The second-order valence-corrected chi connectivity index (χ2v) is 5.99. The summed E-state index contributed by atoms with van der Waals surface area (Å²) in [5.74, 6) is 0.932. The molecule has 0 atom stereocenters. The summed E-state index contributed by atoms with van der Waals surface area (Å²) in [5, 5.41) is 3.54. The van der Waals surface area contributed by atoms with Gasteiger partial charge in [0.05, 0.1) is 0 Å². The molecule has 1 N–H and O–H groups in total. The number of nitrogens with one attached hydrogen (secondary N) is 1. The van der Waals surface area contributed by atoms with Crippen molar-refractivity contribution in [3.05, 3.63) is 29.3 Å². The fourth-order valence-electron chi connectivity index (χ4n) is 2.33. The molecular formula is C16H24Cl2N2O. The van der Waals surface area contributed by atoms with Gasteiger partial charge < -0.3 is 10.2 Å². The molecule has 1 fully saturated rings. The molecule has 0 unspecified atom stereocenters. The van der Waals surface area contributed by atoms with Crippen LogP contribution < -0.4 is 5.32 Å². The number of amides is 1. The fraction of sp³-hybridized carbons (Fsp3) is 0.562. The summed E-state index contributed by atoms with van der Waals surface area (Å²) >= 11 is 5.90. The lowest BCUT2D eigenvalue weighted by atomic mass is 10.2. The predicted octanol–water partition coefficient (Wildman–Crippen LogP) is 4.21. The van der Waals surface area contributed by atoms with Gasteiger partial charge in [-0.3, -0.25) is 4.79 Å². The molecule has 2 rings (SSSR count). The van der Waals surface area contributed by atoms with E-state index in [1.54, 1.807) is 12.1 Å². The fourth-order valence-corrected chi connectivity index (χ4v) is 2.52. The van der Waals surface area contributed by atoms with E-state index in [2.05, 4.69) is 17.1 Å². The van der Waals surface area contributed by atoms with Crippen molar-refractivity contribution >= 4 is 35.6 Å². The average Bonchev–Trinajstić information content (AvgIpc) is 3.20. The first kappa shape index (κ1) is 18.3. The molecular weight excluding hydrogens is 307 g/mol. The van der Waals surface area contributed by atoms with Crippen LogP contribution in [0, 0.1) is 5.92 Å². The third kappa shape index (κ3) is 7.16. The highest BCUT2D eigenvalue weighted by Gasteiger charge is 2.24. The molecule has 5 heteroatoms. The van der Waals surface area contributed by atoms with Gasteiger partial charge in [0.2, 0.25) is 5.91 Å². The van der Waals surface area contributed by atoms with Gasteiger partial charge in [-0.1, -0.05) is 24.6 Å². The average molecular weight is 331 g/mol. The van der Waals surface area contributed by atoms with Gasteiger partial charge >= 0.3 is 0 Å². The summed E-state index contributed by atoms with van der Waals surface area (Å²) in [6.45, 7) is 5.27. The summed E-state index contributed by atoms with van der Waals surface area (Å²) in [6, 6.07) is 7.27. The largest absolute Gasteiger partial charge is 0.326 e. The standard InChI is InChI=1S/C16H23ClN2O.ClH/c1-2-9-19(12-13-6-7-13)10-8-16(20)18-15-5-3-4-14(17)11-15;/h3-5,11,13H,2,6-10,12H2,1H3,(H,18,20);1H. The highest BCUT2D eigenvalue weighted by Crippen LogP contribution is 2.29. The normalized spacial score (nSPS) is 13.9. The zero-order chi connectivity index (χ0) is 14.4. The number of nitrogens with zero attached hydrogens (tertiary/aromatic N) is 1. The van der Waals surface area contributed by atoms with E-state index in [0.717, 1.165) is 37.7 Å². The first-order valence-corrected chi connectivity index (χ1v) is 7.83. The summed E-state index contributed by atoms with van der Waals surface area (Å²) in [4.78, 5) is 14.4. The van der Waals surface area contributed by atoms with Crippen molar-refractivity contribution in [2.45, 2.75) is 32.6 Å². The Labute approximate surface area is 138 Å². The quantitative estimate of drug-likeness (QED) is 0.774. The van der Waals surface area contributed by atoms with Crippen LogP contribution in [-0.4, -0.2) is 30.4 Å². The molecule has 0 aromatic heterocycles. The lowest BCUT2D eigenvalue weighted by Crippen LogP contribution is -2.30. The van der Waals surface area contributed by atoms with Gasteiger partial charge in [-0.15, -0.1) is 12.4 Å². The highest BCUT2D eigenvalue weighted by atomic mass is 35.5. The minimum Gasteiger partial charge on any atom is -0.326 e. The van der Waals surface area contributed by atoms with Crippen molar-refractivity contribution in [1.29, 1.82) is 0 Å². The molecule has 3 nitrogen and oxygen atoms in total. The molecule has 1 aliphatic rings. The molecule has 0 aliphatic heterocycles. The summed E-state index contributed by atoms with van der Waals surface area (Å²) in [5.41, 5.74) is 0.770. The number of anilines is 1. The first-order chi connectivity index (χ1) is 9.67. The molecule has 0 saturated heterocycles. The van der Waals surface area contributed by atoms with Gasteiger partial charge in [0, 0.05) is 30.2 Å². The third-order valence-corrected chi connectivity index (χ3v) is 3.75. The Balaban J connectivity index is 0.00000220. The van der Waals surface area contributed by atoms with Gasteiger partial charge in [-0.05, 0) is 49.9 Å². The molecule has 21 heavy (non-hydrogen) atoms. The van der Waals surface area contributed by atoms with Crippen LogP contribution in [0.15, 0.2) is 24.3 Å². The SMILES string of the molecule is CCCN(CCC(=O)Nc1cccc(Cl)c1)CC1CC1.Cl. The Kier molecular flexibility index (Phi) is 8.09. The van der Waals surface area contributed by atoms with Crippen molar-refractivity contribution in [2.75, 3.05) is 25.0 Å². The zero-order valence-electron chi connectivity index (χ0n) is 12.5. The van der Waals surface area contributed by atoms with Crippen LogP contribution >= 0.6 is 24.0 Å². The van der Waals surface area contributed by atoms with Crippen LogP contribution in [0.2, 0.25) is 5.02 Å². The number of halogens is 2. The molecule has 0 bridgehead atoms. The Morgan fingerprint density at radius 2 is 2.14 bits per heavy atom. The minimum absolute atomic E-state index is 0. The second kappa shape index (κ2) is 9.29. The van der Waals surface area contributed by atoms with Gasteiger partial charge in [0.15, 0.2) is 0 Å². The first-order valence-electron chi connectivity index (χ1n) is 7.45. The number of benzene rings is 1. The molecule has 1 aromatic carbocycles. The lowest BCUT2D eigenvalue weighted by molar-refractivity contribution is -0.116. The van der Waals surface area contributed by atoms with E-state index in [0.29, 0.717) is 11.4 Å². The van der Waals surface area contributed by atoms with Crippen molar-refractivity contribution < 1.29 is 4.79 Å². The number of rotatable bonds is 8. The molecule has 1 aliphatic carbocycles. The van der Waals surface area contributed by atoms with E-state index in [9.17, 15) is 4.79 Å². The van der Waals surface area contributed by atoms with Crippen molar-refractivity contribution in [1.82, 2.24) is 4.90 Å². The van der Waals surface area contributed by atoms with Gasteiger partial charge in [0.1, 0.15) is 0 Å². The monoisotopic (exact) mass is 330 g/mol. The number of hydrogen-bond acceptors (Lipinski definition) is 2. The van der Waals surface area contributed by atoms with Crippen LogP contribution in [0.4, 0.5) is 5.69 Å². The van der Waals surface area contributed by atoms with E-state index < -0.39 is 0 Å². The second-order valence-electron chi connectivity index (χ2n) is 5.55. The number of carbonyl (C=O) groups excluding carboxylic acids is 1. The smallest absolute Gasteiger partial charge is 0.225 e. The van der Waals surface area contributed by atoms with Gasteiger partial charge in [0.25, 0.3) is 0 Å². The Bertz CT molecular complexity index is 450. The molecule has 0 spiro atoms. The van der Waals surface area contributed by atoms with Crippen LogP contribution in [-0.2, 0) is 4.79 Å². The minimum atomic E-state index is 0. The van der Waals surface area contributed by atoms with Crippen LogP contribution in [0.3, 0.4) is 0 Å². The van der Waals surface area contributed by atoms with Crippen LogP contribution in [0.1, 0.15) is 32.6 Å². The summed E-state index contributed by atoms with van der Waals surface area (Å²) in [6.07, 6.45) is 4.39. The molecule has 118 valence electrons. The maximum absolute atomic E-state index is 12.0. The van der Waals surface area contributed by atoms with E-state index in [1.165, 1.54) is 12.8 Å². The predicted molar refractivity (Wildman–Crippen MR) is 91.4 cm³/mol. The number of hydrogen-bond donors (Lipinski definition) is 1. The summed E-state index contributed by atoms with van der Waals surface area (Å²) in [7, 11) is 0. The van der Waals surface area contributed by atoms with Crippen molar-refractivity contribution in [3.63, 3.8) is 0 Å². The topological polar surface area (TPSA) is 32.3 Å². The van der Waals surface area contributed by atoms with Crippen LogP contribution in [0.5, 0.6) is 0 Å². The van der Waals surface area contributed by atoms with Gasteiger partial charge in [-0.25, -0.2) is 0 Å². The zero-order valence-corrected chi connectivity index (χ0v) is 14.1. The Morgan fingerprint density at radius 1 is 1.38 bits per heavy atom. The van der Waals surface area contributed by atoms with E-state index in [-0.39, 0.29) is 18.3 Å². The third-order valence-electron chi connectivity index (χ3n) is 3.52. The van der Waals surface area contributed by atoms with Crippen molar-refractivity contribution in [2.24, 2.45) is 5.92 Å². The lowest BCUT2D eigenvalue weighted by Gasteiger charge is -2.21. The van der Waals surface area contributed by atoms with Gasteiger partial charge in [-0.2, -0.15) is 0 Å². The van der Waals surface area contributed by atoms with Crippen LogP contribution in [0.25, 0.3) is 0 Å². The van der Waals surface area contributed by atoms with E-state index >= 15 is 0 Å². The van der Waals surface area contributed by atoms with E-state index in [4.69, 9.17) is 11.6 Å². The summed E-state index contributed by atoms with van der Waals surface area (Å²) < 4.78 is 0. The Morgan fingerprint density at radius 3 is 2.76 bits per heavy atom. The number of carbonyl (C=O) groups is 1. The molecule has 0 radical (unpaired) electrons. The molecule has 0 heterocycles. The Hall–Kier alpha value is -0.770. The highest BCUT2D eigenvalue weighted by molar-refractivity contribution is 6.30. The molecule has 1 aromatic rings. The maximum Gasteiger partial charge on any atom is 0.225 e. The molecule has 1 amide bonds. The maximum atomic E-state index is 12.0.